The topological polar surface area (TPSA) is 48.8 Å². The van der Waals surface area contributed by atoms with Crippen LogP contribution in [0.5, 0.6) is 0 Å². The van der Waals surface area contributed by atoms with Gasteiger partial charge in [0.05, 0.1) is 0 Å². The summed E-state index contributed by atoms with van der Waals surface area (Å²) < 4.78 is 15.4. The number of aryl methyl sites for hydroxylation is 1. The van der Waals surface area contributed by atoms with Gasteiger partial charge in [0.1, 0.15) is 0 Å². The number of anilines is 1. The molecular formula is C30H32FN3. The summed E-state index contributed by atoms with van der Waals surface area (Å²) in [6.07, 6.45) is 15.2. The molecule has 0 fully saturated rings. The molecule has 3 rings (SSSR count). The van der Waals surface area contributed by atoms with Gasteiger partial charge in [-0.3, -0.25) is 0 Å². The fourth-order valence-electron chi connectivity index (χ4n) is 3.57. The lowest BCUT2D eigenvalue weighted by atomic mass is 9.99. The molecule has 0 saturated carbocycles. The predicted molar refractivity (Wildman–Crippen MR) is 144 cm³/mol. The van der Waals surface area contributed by atoms with Crippen LogP contribution in [0.1, 0.15) is 48.9 Å². The van der Waals surface area contributed by atoms with Crippen LogP contribution >= 0.6 is 0 Å². The normalized spacial score (nSPS) is 11.9. The van der Waals surface area contributed by atoms with E-state index in [1.165, 1.54) is 6.21 Å². The van der Waals surface area contributed by atoms with Crippen molar-refractivity contribution in [2.24, 2.45) is 0 Å². The van der Waals surface area contributed by atoms with Gasteiger partial charge < -0.3 is 10.7 Å². The number of halogens is 1. The number of nitrogens with zero attached hydrogens (tertiary/aromatic N) is 1. The summed E-state index contributed by atoms with van der Waals surface area (Å²) in [6, 6.07) is 15.7. The second-order valence-corrected chi connectivity index (χ2v) is 8.24. The minimum absolute atomic E-state index is 0.238. The molecule has 0 aliphatic carbocycles. The Hall–Kier alpha value is -3.79. The van der Waals surface area contributed by atoms with Crippen LogP contribution in [0.3, 0.4) is 0 Å². The summed E-state index contributed by atoms with van der Waals surface area (Å²) in [5.74, 6) is -0.118. The maximum atomic E-state index is 15.4. The van der Waals surface area contributed by atoms with Crippen molar-refractivity contribution in [3.05, 3.63) is 107 Å². The number of nitrogens with one attached hydrogen (secondary N) is 2. The standard InChI is InChI=1S/C30H32FN3/c1-4-5-6-7-8-9-26-20-27(13-10-22(26)2)28-17-19-33-30(29(28)31)34-21-24-11-14-25(15-12-24)23(3)16-18-32/h6-20,32H,4-5,21H2,1-3H3,(H,33,34)/b7-6+,9-8-,23-16+,32-18?. The van der Waals surface area contributed by atoms with Crippen molar-refractivity contribution in [3.8, 4) is 11.1 Å². The molecule has 1 heterocycles. The van der Waals surface area contributed by atoms with Crippen LogP contribution in [-0.2, 0) is 6.54 Å². The predicted octanol–water partition coefficient (Wildman–Crippen LogP) is 8.23. The first kappa shape index (κ1) is 24.8. The largest absolute Gasteiger partial charge is 0.364 e. The van der Waals surface area contributed by atoms with E-state index in [1.54, 1.807) is 18.3 Å². The molecule has 2 N–H and O–H groups in total. The molecule has 174 valence electrons. The Morgan fingerprint density at radius 1 is 1.09 bits per heavy atom. The molecule has 0 aliphatic rings. The van der Waals surface area contributed by atoms with E-state index >= 15 is 4.39 Å². The molecule has 0 spiro atoms. The van der Waals surface area contributed by atoms with Crippen LogP contribution in [0.25, 0.3) is 22.8 Å². The molecule has 34 heavy (non-hydrogen) atoms. The summed E-state index contributed by atoms with van der Waals surface area (Å²) in [7, 11) is 0. The van der Waals surface area contributed by atoms with Gasteiger partial charge in [-0.1, -0.05) is 74.0 Å². The summed E-state index contributed by atoms with van der Waals surface area (Å²) in [6.45, 7) is 6.65. The van der Waals surface area contributed by atoms with Crippen molar-refractivity contribution in [2.75, 3.05) is 5.32 Å². The minimum atomic E-state index is -0.356. The average Bonchev–Trinajstić information content (AvgIpc) is 2.85. The Morgan fingerprint density at radius 3 is 2.62 bits per heavy atom. The van der Waals surface area contributed by atoms with Gasteiger partial charge in [0.15, 0.2) is 11.6 Å². The van der Waals surface area contributed by atoms with Crippen LogP contribution in [0.15, 0.2) is 79.0 Å². The number of benzene rings is 2. The summed E-state index contributed by atoms with van der Waals surface area (Å²) in [4.78, 5) is 4.22. The number of allylic oxidation sites excluding steroid dienone is 5. The van der Waals surface area contributed by atoms with Crippen molar-refractivity contribution in [1.29, 1.82) is 5.41 Å². The first-order chi connectivity index (χ1) is 16.5. The van der Waals surface area contributed by atoms with E-state index in [9.17, 15) is 0 Å². The van der Waals surface area contributed by atoms with Gasteiger partial charge in [0.25, 0.3) is 0 Å². The van der Waals surface area contributed by atoms with Crippen LogP contribution in [-0.4, -0.2) is 11.2 Å². The lowest BCUT2D eigenvalue weighted by molar-refractivity contribution is 0.628. The van der Waals surface area contributed by atoms with Crippen molar-refractivity contribution in [3.63, 3.8) is 0 Å². The van der Waals surface area contributed by atoms with E-state index in [0.717, 1.165) is 46.2 Å². The van der Waals surface area contributed by atoms with Crippen molar-refractivity contribution >= 4 is 23.7 Å². The number of hydrogen-bond acceptors (Lipinski definition) is 3. The van der Waals surface area contributed by atoms with Gasteiger partial charge in [0, 0.05) is 24.5 Å². The molecule has 0 saturated heterocycles. The highest BCUT2D eigenvalue weighted by Crippen LogP contribution is 2.28. The summed E-state index contributed by atoms with van der Waals surface area (Å²) in [5.41, 5.74) is 6.67. The monoisotopic (exact) mass is 453 g/mol. The van der Waals surface area contributed by atoms with Gasteiger partial charge in [-0.15, -0.1) is 0 Å². The molecule has 0 unspecified atom stereocenters. The van der Waals surface area contributed by atoms with Gasteiger partial charge in [-0.25, -0.2) is 9.37 Å². The van der Waals surface area contributed by atoms with Crippen LogP contribution in [0.2, 0.25) is 0 Å². The zero-order valence-corrected chi connectivity index (χ0v) is 20.1. The van der Waals surface area contributed by atoms with E-state index in [-0.39, 0.29) is 11.6 Å². The lowest BCUT2D eigenvalue weighted by Crippen LogP contribution is -2.04. The Morgan fingerprint density at radius 2 is 1.88 bits per heavy atom. The number of aromatic nitrogens is 1. The van der Waals surface area contributed by atoms with E-state index < -0.39 is 0 Å². The highest BCUT2D eigenvalue weighted by molar-refractivity contribution is 5.82. The Bertz CT molecular complexity index is 1200. The van der Waals surface area contributed by atoms with Gasteiger partial charge in [0.2, 0.25) is 0 Å². The van der Waals surface area contributed by atoms with E-state index in [2.05, 4.69) is 42.4 Å². The number of hydrogen-bond donors (Lipinski definition) is 2. The molecular weight excluding hydrogens is 421 g/mol. The van der Waals surface area contributed by atoms with Crippen molar-refractivity contribution in [2.45, 2.75) is 40.2 Å². The second-order valence-electron chi connectivity index (χ2n) is 8.24. The smallest absolute Gasteiger partial charge is 0.173 e. The third-order valence-corrected chi connectivity index (χ3v) is 5.66. The van der Waals surface area contributed by atoms with Crippen LogP contribution in [0, 0.1) is 18.2 Å². The summed E-state index contributed by atoms with van der Waals surface area (Å²) >= 11 is 0. The van der Waals surface area contributed by atoms with Gasteiger partial charge >= 0.3 is 0 Å². The maximum Gasteiger partial charge on any atom is 0.173 e. The molecule has 0 bridgehead atoms. The number of rotatable bonds is 10. The molecule has 0 aliphatic heterocycles. The molecule has 0 amide bonds. The van der Waals surface area contributed by atoms with Gasteiger partial charge in [-0.2, -0.15) is 0 Å². The minimum Gasteiger partial charge on any atom is -0.364 e. The van der Waals surface area contributed by atoms with E-state index in [4.69, 9.17) is 5.41 Å². The third kappa shape index (κ3) is 6.61. The SMILES string of the molecule is CCC/C=C/C=C\c1cc(-c2ccnc(NCc3ccc(/C(C)=C/C=N)cc3)c2F)ccc1C. The van der Waals surface area contributed by atoms with Crippen molar-refractivity contribution < 1.29 is 4.39 Å². The quantitative estimate of drug-likeness (QED) is 0.240. The van der Waals surface area contributed by atoms with Gasteiger partial charge in [-0.05, 0) is 71.9 Å². The zero-order valence-electron chi connectivity index (χ0n) is 20.1. The highest BCUT2D eigenvalue weighted by atomic mass is 19.1. The first-order valence-electron chi connectivity index (χ1n) is 11.6. The molecule has 3 nitrogen and oxygen atoms in total. The van der Waals surface area contributed by atoms with Crippen LogP contribution in [0.4, 0.5) is 10.2 Å². The number of unbranched alkanes of at least 4 members (excludes halogenated alkanes) is 1. The fraction of sp³-hybridized carbons (Fsp3) is 0.200. The third-order valence-electron chi connectivity index (χ3n) is 5.66. The van der Waals surface area contributed by atoms with Crippen molar-refractivity contribution in [1.82, 2.24) is 4.98 Å². The Kier molecular flexibility index (Phi) is 9.10. The average molecular weight is 454 g/mol. The Labute approximate surface area is 202 Å². The molecule has 0 atom stereocenters. The Balaban J connectivity index is 1.76. The molecule has 1 aromatic heterocycles. The maximum absolute atomic E-state index is 15.4. The highest BCUT2D eigenvalue weighted by Gasteiger charge is 2.12. The fourth-order valence-corrected chi connectivity index (χ4v) is 3.57. The summed E-state index contributed by atoms with van der Waals surface area (Å²) in [5, 5.41) is 10.3. The van der Waals surface area contributed by atoms with E-state index in [0.29, 0.717) is 12.1 Å². The molecule has 4 heteroatoms. The zero-order chi connectivity index (χ0) is 24.3. The van der Waals surface area contributed by atoms with E-state index in [1.807, 2.05) is 55.5 Å². The lowest BCUT2D eigenvalue weighted by Gasteiger charge is -2.12. The first-order valence-corrected chi connectivity index (χ1v) is 11.6. The molecule has 2 aromatic carbocycles. The molecule has 3 aromatic rings. The van der Waals surface area contributed by atoms with Crippen LogP contribution < -0.4 is 5.32 Å². The number of pyridine rings is 1. The molecule has 0 radical (unpaired) electrons. The second kappa shape index (κ2) is 12.4.